The van der Waals surface area contributed by atoms with Crippen LogP contribution in [0.25, 0.3) is 0 Å². The lowest BCUT2D eigenvalue weighted by molar-refractivity contribution is -0.148. The van der Waals surface area contributed by atoms with Crippen molar-refractivity contribution in [1.82, 2.24) is 0 Å². The summed E-state index contributed by atoms with van der Waals surface area (Å²) in [5.74, 6) is 0.00652. The van der Waals surface area contributed by atoms with Gasteiger partial charge in [0.15, 0.2) is 0 Å². The quantitative estimate of drug-likeness (QED) is 0.385. The standard InChI is InChI=1S/C20H36O2/c1-19-17-15-13-11-9-7-5-3-2-4-6-8-10-12-14-16-18-20(21)22-19/h3,5,19H,2,4,6-18H2,1H3/b5-3-. The van der Waals surface area contributed by atoms with E-state index < -0.39 is 0 Å². The Bertz CT molecular complexity index is 296. The fourth-order valence-corrected chi connectivity index (χ4v) is 3.04. The Balaban J connectivity index is 2.23. The molecule has 128 valence electrons. The third kappa shape index (κ3) is 11.8. The molecule has 0 saturated carbocycles. The van der Waals surface area contributed by atoms with Crippen molar-refractivity contribution in [1.29, 1.82) is 0 Å². The molecule has 0 saturated heterocycles. The maximum absolute atomic E-state index is 11.7. The summed E-state index contributed by atoms with van der Waals surface area (Å²) in [6.45, 7) is 2.03. The lowest BCUT2D eigenvalue weighted by atomic mass is 10.1. The summed E-state index contributed by atoms with van der Waals surface area (Å²) >= 11 is 0. The van der Waals surface area contributed by atoms with Crippen LogP contribution >= 0.6 is 0 Å². The SMILES string of the molecule is CC1CCCCCC/C=C\CCCCCCCCCC(=O)O1. The summed E-state index contributed by atoms with van der Waals surface area (Å²) in [4.78, 5) is 11.7. The Kier molecular flexibility index (Phi) is 12.1. The van der Waals surface area contributed by atoms with Gasteiger partial charge in [0.2, 0.25) is 0 Å². The van der Waals surface area contributed by atoms with Gasteiger partial charge in [0.1, 0.15) is 0 Å². The van der Waals surface area contributed by atoms with Crippen LogP contribution < -0.4 is 0 Å². The third-order valence-electron chi connectivity index (χ3n) is 4.48. The Labute approximate surface area is 137 Å². The Morgan fingerprint density at radius 2 is 1.27 bits per heavy atom. The fourth-order valence-electron chi connectivity index (χ4n) is 3.04. The van der Waals surface area contributed by atoms with Gasteiger partial charge in [-0.15, -0.1) is 0 Å². The van der Waals surface area contributed by atoms with Gasteiger partial charge in [-0.3, -0.25) is 4.79 Å². The van der Waals surface area contributed by atoms with E-state index in [4.69, 9.17) is 4.74 Å². The molecule has 2 heteroatoms. The third-order valence-corrected chi connectivity index (χ3v) is 4.48. The summed E-state index contributed by atoms with van der Waals surface area (Å²) in [5, 5.41) is 0. The fraction of sp³-hybridized carbons (Fsp3) is 0.850. The van der Waals surface area contributed by atoms with Crippen molar-refractivity contribution in [2.75, 3.05) is 0 Å². The van der Waals surface area contributed by atoms with Crippen molar-refractivity contribution in [2.45, 2.75) is 109 Å². The number of allylic oxidation sites excluding steroid dienone is 2. The predicted molar refractivity (Wildman–Crippen MR) is 93.9 cm³/mol. The van der Waals surface area contributed by atoms with Crippen LogP contribution in [0.5, 0.6) is 0 Å². The molecule has 1 rings (SSSR count). The molecule has 0 bridgehead atoms. The zero-order chi connectivity index (χ0) is 15.9. The second-order valence-electron chi connectivity index (χ2n) is 6.78. The zero-order valence-electron chi connectivity index (χ0n) is 14.7. The molecule has 0 aromatic carbocycles. The highest BCUT2D eigenvalue weighted by Crippen LogP contribution is 2.13. The topological polar surface area (TPSA) is 26.3 Å². The van der Waals surface area contributed by atoms with Crippen molar-refractivity contribution in [3.63, 3.8) is 0 Å². The van der Waals surface area contributed by atoms with Crippen molar-refractivity contribution in [2.24, 2.45) is 0 Å². The molecule has 1 aliphatic heterocycles. The van der Waals surface area contributed by atoms with Gasteiger partial charge in [0, 0.05) is 6.42 Å². The summed E-state index contributed by atoms with van der Waals surface area (Å²) in [5.41, 5.74) is 0. The maximum Gasteiger partial charge on any atom is 0.306 e. The van der Waals surface area contributed by atoms with E-state index in [1.165, 1.54) is 77.0 Å². The zero-order valence-corrected chi connectivity index (χ0v) is 14.7. The second-order valence-corrected chi connectivity index (χ2v) is 6.78. The molecule has 22 heavy (non-hydrogen) atoms. The largest absolute Gasteiger partial charge is 0.463 e. The van der Waals surface area contributed by atoms with E-state index >= 15 is 0 Å². The number of hydrogen-bond acceptors (Lipinski definition) is 2. The molecule has 0 radical (unpaired) electrons. The molecule has 0 N–H and O–H groups in total. The van der Waals surface area contributed by atoms with Crippen molar-refractivity contribution < 1.29 is 9.53 Å². The summed E-state index contributed by atoms with van der Waals surface area (Å²) in [6, 6.07) is 0. The minimum atomic E-state index is 0.00652. The monoisotopic (exact) mass is 308 g/mol. The van der Waals surface area contributed by atoms with Gasteiger partial charge in [-0.2, -0.15) is 0 Å². The lowest BCUT2D eigenvalue weighted by Crippen LogP contribution is -2.14. The molecule has 2 nitrogen and oxygen atoms in total. The molecule has 1 heterocycles. The highest BCUT2D eigenvalue weighted by atomic mass is 16.5. The Morgan fingerprint density at radius 3 is 1.91 bits per heavy atom. The summed E-state index contributed by atoms with van der Waals surface area (Å²) in [6.07, 6.45) is 22.7. The number of hydrogen-bond donors (Lipinski definition) is 0. The Morgan fingerprint density at radius 1 is 0.773 bits per heavy atom. The van der Waals surface area contributed by atoms with E-state index in [1.807, 2.05) is 6.92 Å². The molecule has 0 aliphatic carbocycles. The molecule has 0 fully saturated rings. The van der Waals surface area contributed by atoms with E-state index in [2.05, 4.69) is 12.2 Å². The first kappa shape index (κ1) is 19.3. The highest BCUT2D eigenvalue weighted by Gasteiger charge is 2.09. The average Bonchev–Trinajstić information content (AvgIpc) is 2.49. The van der Waals surface area contributed by atoms with Crippen LogP contribution in [0.3, 0.4) is 0 Å². The molecule has 1 unspecified atom stereocenters. The van der Waals surface area contributed by atoms with Gasteiger partial charge in [-0.05, 0) is 51.9 Å². The molecule has 0 spiro atoms. The first-order chi connectivity index (χ1) is 10.8. The number of carbonyl (C=O) groups is 1. The van der Waals surface area contributed by atoms with Crippen LogP contribution in [0, 0.1) is 0 Å². The molecule has 0 aromatic rings. The van der Waals surface area contributed by atoms with Crippen LogP contribution in [0.15, 0.2) is 12.2 Å². The maximum atomic E-state index is 11.7. The van der Waals surface area contributed by atoms with Gasteiger partial charge in [-0.25, -0.2) is 0 Å². The average molecular weight is 309 g/mol. The van der Waals surface area contributed by atoms with Gasteiger partial charge >= 0.3 is 5.97 Å². The molecule has 1 aliphatic rings. The number of cyclic esters (lactones) is 1. The van der Waals surface area contributed by atoms with Crippen LogP contribution in [-0.4, -0.2) is 12.1 Å². The van der Waals surface area contributed by atoms with Crippen LogP contribution in [0.2, 0.25) is 0 Å². The van der Waals surface area contributed by atoms with E-state index in [0.717, 1.165) is 12.8 Å². The lowest BCUT2D eigenvalue weighted by Gasteiger charge is -2.13. The minimum absolute atomic E-state index is 0.00652. The summed E-state index contributed by atoms with van der Waals surface area (Å²) < 4.78 is 5.48. The predicted octanol–water partition coefficient (Wildman–Crippen LogP) is 6.34. The van der Waals surface area contributed by atoms with Crippen molar-refractivity contribution >= 4 is 5.97 Å². The van der Waals surface area contributed by atoms with Crippen LogP contribution in [0.1, 0.15) is 103 Å². The van der Waals surface area contributed by atoms with Crippen molar-refractivity contribution in [3.05, 3.63) is 12.2 Å². The van der Waals surface area contributed by atoms with Gasteiger partial charge in [-0.1, -0.05) is 57.1 Å². The van der Waals surface area contributed by atoms with E-state index in [1.54, 1.807) is 0 Å². The normalized spacial score (nSPS) is 26.8. The number of carbonyl (C=O) groups excluding carboxylic acids is 1. The molecule has 0 amide bonds. The van der Waals surface area contributed by atoms with Crippen LogP contribution in [0.4, 0.5) is 0 Å². The number of esters is 1. The molecular weight excluding hydrogens is 272 g/mol. The van der Waals surface area contributed by atoms with Crippen molar-refractivity contribution in [3.8, 4) is 0 Å². The van der Waals surface area contributed by atoms with Gasteiger partial charge < -0.3 is 4.74 Å². The Hall–Kier alpha value is -0.790. The van der Waals surface area contributed by atoms with Gasteiger partial charge in [0.25, 0.3) is 0 Å². The minimum Gasteiger partial charge on any atom is -0.463 e. The number of ether oxygens (including phenoxy) is 1. The second kappa shape index (κ2) is 13.8. The highest BCUT2D eigenvalue weighted by molar-refractivity contribution is 5.69. The van der Waals surface area contributed by atoms with E-state index in [-0.39, 0.29) is 12.1 Å². The molecular formula is C20H36O2. The first-order valence-electron chi connectivity index (χ1n) is 9.63. The van der Waals surface area contributed by atoms with E-state index in [0.29, 0.717) is 6.42 Å². The summed E-state index contributed by atoms with van der Waals surface area (Å²) in [7, 11) is 0. The smallest absolute Gasteiger partial charge is 0.306 e. The van der Waals surface area contributed by atoms with E-state index in [9.17, 15) is 4.79 Å². The molecule has 0 aromatic heterocycles. The molecule has 1 atom stereocenters. The number of rotatable bonds is 0. The van der Waals surface area contributed by atoms with Crippen LogP contribution in [-0.2, 0) is 9.53 Å². The first-order valence-corrected chi connectivity index (χ1v) is 9.63. The van der Waals surface area contributed by atoms with Gasteiger partial charge in [0.05, 0.1) is 6.10 Å².